The Morgan fingerprint density at radius 1 is 1.12 bits per heavy atom. The largest absolute Gasteiger partial charge is 1.00 e. The molecule has 0 saturated heterocycles. The van der Waals surface area contributed by atoms with Crippen LogP contribution >= 0.6 is 11.3 Å². The molecular formula is C23H23N3Na2O5S. The number of carbonyl (C=O) groups is 2. The maximum Gasteiger partial charge on any atom is 1.00 e. The van der Waals surface area contributed by atoms with Gasteiger partial charge < -0.3 is 30.2 Å². The first-order valence-electron chi connectivity index (χ1n) is 9.93. The fourth-order valence-corrected chi connectivity index (χ4v) is 4.36. The van der Waals surface area contributed by atoms with Crippen molar-refractivity contribution >= 4 is 29.0 Å². The number of urea groups is 1. The summed E-state index contributed by atoms with van der Waals surface area (Å²) in [6, 6.07) is 11.1. The molecule has 11 heteroatoms. The predicted octanol–water partition coefficient (Wildman–Crippen LogP) is -4.26. The van der Waals surface area contributed by atoms with Crippen LogP contribution in [-0.2, 0) is 18.3 Å². The van der Waals surface area contributed by atoms with Gasteiger partial charge in [-0.1, -0.05) is 30.0 Å². The molecule has 2 heterocycles. The van der Waals surface area contributed by atoms with E-state index in [0.29, 0.717) is 17.0 Å². The average molecular weight is 500 g/mol. The Labute approximate surface area is 246 Å². The molecule has 168 valence electrons. The molecule has 3 aromatic rings. The molecule has 1 atom stereocenters. The summed E-state index contributed by atoms with van der Waals surface area (Å²) in [6.07, 6.45) is 0.231. The Bertz CT molecular complexity index is 1230. The number of nitrogens with zero attached hydrogens (tertiary/aromatic N) is 1. The zero-order chi connectivity index (χ0) is 23.4. The van der Waals surface area contributed by atoms with Gasteiger partial charge in [-0.15, -0.1) is 11.3 Å². The molecule has 0 aliphatic rings. The minimum atomic E-state index is -1.33. The minimum Gasteiger partial charge on any atom is -0.871 e. The van der Waals surface area contributed by atoms with Gasteiger partial charge in [0.05, 0.1) is 6.04 Å². The van der Waals surface area contributed by atoms with Crippen molar-refractivity contribution in [1.82, 2.24) is 9.88 Å². The second kappa shape index (κ2) is 13.5. The van der Waals surface area contributed by atoms with Gasteiger partial charge in [-0.3, -0.25) is 4.79 Å². The van der Waals surface area contributed by atoms with E-state index in [0.717, 1.165) is 16.0 Å². The molecule has 0 unspecified atom stereocenters. The Kier molecular flexibility index (Phi) is 12.1. The molecule has 0 saturated carbocycles. The number of amides is 2. The quantitative estimate of drug-likeness (QED) is 0.319. The van der Waals surface area contributed by atoms with Gasteiger partial charge in [0.1, 0.15) is 5.69 Å². The number of aryl methyl sites for hydroxylation is 2. The molecule has 3 rings (SSSR count). The molecule has 0 spiro atoms. The third kappa shape index (κ3) is 7.71. The normalized spacial score (nSPS) is 11.0. The monoisotopic (exact) mass is 499 g/mol. The molecule has 0 radical (unpaired) electrons. The van der Waals surface area contributed by atoms with Crippen LogP contribution in [0.3, 0.4) is 0 Å². The second-order valence-electron chi connectivity index (χ2n) is 7.52. The zero-order valence-electron chi connectivity index (χ0n) is 19.9. The summed E-state index contributed by atoms with van der Waals surface area (Å²) in [5.41, 5.74) is 1.73. The van der Waals surface area contributed by atoms with Crippen molar-refractivity contribution in [3.05, 3.63) is 79.4 Å². The Balaban J connectivity index is 0.00000289. The van der Waals surface area contributed by atoms with Crippen LogP contribution in [0.4, 0.5) is 10.5 Å². The Morgan fingerprint density at radius 3 is 2.44 bits per heavy atom. The van der Waals surface area contributed by atoms with Crippen molar-refractivity contribution in [2.24, 2.45) is 7.05 Å². The van der Waals surface area contributed by atoms with Crippen LogP contribution in [0.1, 0.15) is 39.0 Å². The summed E-state index contributed by atoms with van der Waals surface area (Å²) in [5, 5.41) is 28.2. The zero-order valence-corrected chi connectivity index (χ0v) is 24.7. The number of nitrogens with one attached hydrogen (secondary N) is 2. The van der Waals surface area contributed by atoms with E-state index in [-0.39, 0.29) is 59.1 Å². The number of aromatic nitrogens is 1. The number of hydrogen-bond donors (Lipinski definition) is 2. The van der Waals surface area contributed by atoms with Crippen molar-refractivity contribution < 1.29 is 78.9 Å². The number of carboxylic acid groups (broad SMARTS) is 1. The summed E-state index contributed by atoms with van der Waals surface area (Å²) in [7, 11) is 1.49. The topological polar surface area (TPSA) is 126 Å². The number of hydrogen-bond acceptors (Lipinski definition) is 6. The molecular weight excluding hydrogens is 476 g/mol. The maximum absolute atomic E-state index is 12.5. The summed E-state index contributed by atoms with van der Waals surface area (Å²) >= 11 is 1.38. The smallest absolute Gasteiger partial charge is 0.871 e. The van der Waals surface area contributed by atoms with Gasteiger partial charge in [-0.2, -0.15) is 0 Å². The van der Waals surface area contributed by atoms with Gasteiger partial charge in [0, 0.05) is 41.3 Å². The first-order valence-corrected chi connectivity index (χ1v) is 10.8. The molecule has 0 aliphatic carbocycles. The molecule has 2 amide bonds. The van der Waals surface area contributed by atoms with Crippen LogP contribution in [0.2, 0.25) is 0 Å². The Hall–Kier alpha value is -1.59. The number of carboxylic acids is 1. The van der Waals surface area contributed by atoms with Crippen LogP contribution in [0.5, 0.6) is 5.75 Å². The van der Waals surface area contributed by atoms with E-state index in [1.807, 2.05) is 37.3 Å². The number of benzene rings is 1. The first-order chi connectivity index (χ1) is 15.2. The number of rotatable bonds is 7. The van der Waals surface area contributed by atoms with Crippen LogP contribution in [0, 0.1) is 13.8 Å². The van der Waals surface area contributed by atoms with E-state index in [4.69, 9.17) is 0 Å². The SMILES string of the molecule is Cc1ccccc1Cc1ccc([C@H](CC(=O)[O-])NC(=O)Nc2c([O-])cc(C)n(C)c2=O)s1.[Na+].[Na+]. The van der Waals surface area contributed by atoms with Crippen LogP contribution in [0.15, 0.2) is 47.3 Å². The summed E-state index contributed by atoms with van der Waals surface area (Å²) < 4.78 is 1.24. The van der Waals surface area contributed by atoms with Gasteiger partial charge in [0.2, 0.25) is 0 Å². The van der Waals surface area contributed by atoms with E-state index in [1.165, 1.54) is 29.0 Å². The van der Waals surface area contributed by atoms with Crippen molar-refractivity contribution in [2.75, 3.05) is 5.32 Å². The van der Waals surface area contributed by atoms with Crippen LogP contribution < -0.4 is 85.5 Å². The molecule has 0 bridgehead atoms. The fraction of sp³-hybridized carbons (Fsp3) is 0.261. The molecule has 1 aromatic carbocycles. The standard InChI is InChI=1S/C23H25N3O5S.2Na/c1-13-6-4-5-7-15(13)11-16-8-9-19(32-16)17(12-20(28)29)24-23(31)25-21-18(27)10-14(2)26(3)22(21)30;;/h4-10,17,27H,11-12H2,1-3H3,(H,28,29)(H2,24,25,31);;/q;2*+1/p-2/t17-;;/m0../s1. The second-order valence-corrected chi connectivity index (χ2v) is 8.72. The van der Waals surface area contributed by atoms with E-state index in [1.54, 1.807) is 13.0 Å². The van der Waals surface area contributed by atoms with E-state index in [2.05, 4.69) is 10.6 Å². The number of thiophene rings is 1. The molecule has 0 aliphatic heterocycles. The van der Waals surface area contributed by atoms with E-state index in [9.17, 15) is 24.6 Å². The van der Waals surface area contributed by atoms with Gasteiger partial charge >= 0.3 is 65.1 Å². The maximum atomic E-state index is 12.5. The third-order valence-corrected chi connectivity index (χ3v) is 6.40. The number of pyridine rings is 1. The molecule has 0 fully saturated rings. The summed E-state index contributed by atoms with van der Waals surface area (Å²) in [4.78, 5) is 37.7. The van der Waals surface area contributed by atoms with E-state index < -0.39 is 41.5 Å². The van der Waals surface area contributed by atoms with Gasteiger partial charge in [0.25, 0.3) is 5.56 Å². The van der Waals surface area contributed by atoms with Gasteiger partial charge in [-0.05, 0) is 43.2 Å². The number of anilines is 1. The van der Waals surface area contributed by atoms with Crippen molar-refractivity contribution in [2.45, 2.75) is 32.7 Å². The molecule has 34 heavy (non-hydrogen) atoms. The van der Waals surface area contributed by atoms with Gasteiger partial charge in [-0.25, -0.2) is 4.79 Å². The van der Waals surface area contributed by atoms with Gasteiger partial charge in [0.15, 0.2) is 0 Å². The number of carbonyl (C=O) groups excluding carboxylic acids is 2. The summed E-state index contributed by atoms with van der Waals surface area (Å²) in [6.45, 7) is 3.63. The van der Waals surface area contributed by atoms with Crippen molar-refractivity contribution in [1.29, 1.82) is 0 Å². The van der Waals surface area contributed by atoms with E-state index >= 15 is 0 Å². The molecule has 8 nitrogen and oxygen atoms in total. The third-order valence-electron chi connectivity index (χ3n) is 5.20. The van der Waals surface area contributed by atoms with Crippen molar-refractivity contribution in [3.63, 3.8) is 0 Å². The predicted molar refractivity (Wildman–Crippen MR) is 119 cm³/mol. The molecule has 2 N–H and O–H groups in total. The molecule has 2 aromatic heterocycles. The number of aliphatic carboxylic acids is 1. The van der Waals surface area contributed by atoms with Crippen LogP contribution in [0.25, 0.3) is 0 Å². The summed E-state index contributed by atoms with van der Waals surface area (Å²) in [5.74, 6) is -1.95. The van der Waals surface area contributed by atoms with Crippen molar-refractivity contribution in [3.8, 4) is 5.75 Å². The average Bonchev–Trinajstić information content (AvgIpc) is 3.19. The fourth-order valence-electron chi connectivity index (χ4n) is 3.28. The minimum absolute atomic E-state index is 0. The first kappa shape index (κ1) is 30.4. The van der Waals surface area contributed by atoms with Crippen LogP contribution in [-0.4, -0.2) is 16.6 Å². The Morgan fingerprint density at radius 2 is 1.79 bits per heavy atom.